The Hall–Kier alpha value is -0.960. The van der Waals surface area contributed by atoms with Gasteiger partial charge in [-0.05, 0) is 40.5 Å². The van der Waals surface area contributed by atoms with Gasteiger partial charge in [-0.3, -0.25) is 4.79 Å². The lowest BCUT2D eigenvalue weighted by Crippen LogP contribution is -2.37. The van der Waals surface area contributed by atoms with E-state index < -0.39 is 10.0 Å². The van der Waals surface area contributed by atoms with Crippen molar-refractivity contribution >= 4 is 31.9 Å². The maximum atomic E-state index is 12.3. The number of rotatable bonds is 3. The fourth-order valence-corrected chi connectivity index (χ4v) is 3.61. The van der Waals surface area contributed by atoms with Crippen molar-refractivity contribution in [3.05, 3.63) is 28.2 Å². The molecule has 0 aromatic heterocycles. The molecule has 0 saturated carbocycles. The van der Waals surface area contributed by atoms with Crippen molar-refractivity contribution < 1.29 is 17.9 Å². The molecule has 0 aliphatic carbocycles. The summed E-state index contributed by atoms with van der Waals surface area (Å²) in [5.74, 6) is -0.252. The van der Waals surface area contributed by atoms with Gasteiger partial charge in [0.25, 0.3) is 5.91 Å². The molecular formula is C12H15BrN2O4S. The summed E-state index contributed by atoms with van der Waals surface area (Å²) in [6, 6.07) is 4.37. The third-order valence-electron chi connectivity index (χ3n) is 3.26. The summed E-state index contributed by atoms with van der Waals surface area (Å²) < 4.78 is 28.5. The highest BCUT2D eigenvalue weighted by atomic mass is 79.9. The molecule has 110 valence electrons. The van der Waals surface area contributed by atoms with Crippen LogP contribution in [0, 0.1) is 0 Å². The fraction of sp³-hybridized carbons (Fsp3) is 0.417. The summed E-state index contributed by atoms with van der Waals surface area (Å²) in [7, 11) is -2.20. The number of hydrogen-bond donors (Lipinski definition) is 1. The molecule has 1 aliphatic heterocycles. The Morgan fingerprint density at radius 1 is 1.50 bits per heavy atom. The first-order valence-electron chi connectivity index (χ1n) is 5.98. The van der Waals surface area contributed by atoms with Crippen LogP contribution in [0.5, 0.6) is 0 Å². The second-order valence-corrected chi connectivity index (χ2v) is 7.01. The van der Waals surface area contributed by atoms with Crippen molar-refractivity contribution in [3.8, 4) is 0 Å². The largest absolute Gasteiger partial charge is 0.379 e. The van der Waals surface area contributed by atoms with Crippen LogP contribution in [0.2, 0.25) is 0 Å². The predicted octanol–water partition coefficient (Wildman–Crippen LogP) is 0.957. The Morgan fingerprint density at radius 2 is 2.20 bits per heavy atom. The van der Waals surface area contributed by atoms with E-state index in [1.54, 1.807) is 18.0 Å². The normalized spacial score (nSPS) is 19.1. The monoisotopic (exact) mass is 362 g/mol. The SMILES string of the molecule is CN(C(=O)c1ccc(Br)c(S(N)(=O)=O)c1)C1CCOC1. The maximum absolute atomic E-state index is 12.3. The number of nitrogens with two attached hydrogens (primary N) is 1. The van der Waals surface area contributed by atoms with Crippen LogP contribution in [0.25, 0.3) is 0 Å². The molecule has 1 aromatic rings. The summed E-state index contributed by atoms with van der Waals surface area (Å²) in [6.45, 7) is 1.13. The number of ether oxygens (including phenoxy) is 1. The van der Waals surface area contributed by atoms with Crippen molar-refractivity contribution in [1.82, 2.24) is 4.90 Å². The van der Waals surface area contributed by atoms with Crippen LogP contribution >= 0.6 is 15.9 Å². The van der Waals surface area contributed by atoms with E-state index in [1.165, 1.54) is 12.1 Å². The number of primary sulfonamides is 1. The minimum Gasteiger partial charge on any atom is -0.379 e. The Bertz CT molecular complexity index is 626. The van der Waals surface area contributed by atoms with E-state index in [0.717, 1.165) is 6.42 Å². The number of halogens is 1. The average molecular weight is 363 g/mol. The second-order valence-electron chi connectivity index (χ2n) is 4.62. The molecule has 1 aromatic carbocycles. The van der Waals surface area contributed by atoms with Crippen LogP contribution in [-0.2, 0) is 14.8 Å². The number of benzene rings is 1. The predicted molar refractivity (Wildman–Crippen MR) is 76.8 cm³/mol. The van der Waals surface area contributed by atoms with E-state index in [-0.39, 0.29) is 22.4 Å². The molecule has 0 bridgehead atoms. The number of hydrogen-bond acceptors (Lipinski definition) is 4. The molecule has 2 N–H and O–H groups in total. The minimum absolute atomic E-state index is 0.0177. The van der Waals surface area contributed by atoms with Gasteiger partial charge in [0, 0.05) is 23.7 Å². The van der Waals surface area contributed by atoms with Gasteiger partial charge in [-0.15, -0.1) is 0 Å². The average Bonchev–Trinajstić information content (AvgIpc) is 2.90. The van der Waals surface area contributed by atoms with Crippen LogP contribution in [0.1, 0.15) is 16.8 Å². The van der Waals surface area contributed by atoms with Crippen LogP contribution < -0.4 is 5.14 Å². The van der Waals surface area contributed by atoms with Gasteiger partial charge in [-0.1, -0.05) is 0 Å². The number of sulfonamides is 1. The van der Waals surface area contributed by atoms with Crippen molar-refractivity contribution in [2.75, 3.05) is 20.3 Å². The smallest absolute Gasteiger partial charge is 0.253 e. The topological polar surface area (TPSA) is 89.7 Å². The number of likely N-dealkylation sites (N-methyl/N-ethyl adjacent to an activating group) is 1. The summed E-state index contributed by atoms with van der Waals surface area (Å²) in [5.41, 5.74) is 0.284. The molecule has 1 aliphatic rings. The van der Waals surface area contributed by atoms with Crippen LogP contribution in [0.15, 0.2) is 27.6 Å². The second kappa shape index (κ2) is 5.80. The lowest BCUT2D eigenvalue weighted by Gasteiger charge is -2.23. The number of amides is 1. The van der Waals surface area contributed by atoms with Crippen molar-refractivity contribution in [3.63, 3.8) is 0 Å². The molecule has 1 atom stereocenters. The van der Waals surface area contributed by atoms with Gasteiger partial charge in [-0.2, -0.15) is 0 Å². The highest BCUT2D eigenvalue weighted by Crippen LogP contribution is 2.23. The van der Waals surface area contributed by atoms with Gasteiger partial charge in [-0.25, -0.2) is 13.6 Å². The number of nitrogens with zero attached hydrogens (tertiary/aromatic N) is 1. The Morgan fingerprint density at radius 3 is 2.75 bits per heavy atom. The zero-order valence-corrected chi connectivity index (χ0v) is 13.3. The third kappa shape index (κ3) is 3.20. The molecule has 1 heterocycles. The maximum Gasteiger partial charge on any atom is 0.253 e. The van der Waals surface area contributed by atoms with E-state index >= 15 is 0 Å². The first kappa shape index (κ1) is 15.4. The van der Waals surface area contributed by atoms with Gasteiger partial charge >= 0.3 is 0 Å². The van der Waals surface area contributed by atoms with E-state index in [4.69, 9.17) is 9.88 Å². The van der Waals surface area contributed by atoms with Crippen molar-refractivity contribution in [2.45, 2.75) is 17.4 Å². The lowest BCUT2D eigenvalue weighted by molar-refractivity contribution is 0.0711. The van der Waals surface area contributed by atoms with Crippen LogP contribution in [0.3, 0.4) is 0 Å². The Labute approximate surface area is 126 Å². The van der Waals surface area contributed by atoms with Crippen LogP contribution in [0.4, 0.5) is 0 Å². The van der Waals surface area contributed by atoms with E-state index in [1.807, 2.05) is 0 Å². The standard InChI is InChI=1S/C12H15BrN2O4S/c1-15(9-4-5-19-7-9)12(16)8-2-3-10(13)11(6-8)20(14,17)18/h2-3,6,9H,4-5,7H2,1H3,(H2,14,17,18). The third-order valence-corrected chi connectivity index (χ3v) is 5.16. The van der Waals surface area contributed by atoms with E-state index in [2.05, 4.69) is 15.9 Å². The van der Waals surface area contributed by atoms with Gasteiger partial charge < -0.3 is 9.64 Å². The molecule has 1 unspecified atom stereocenters. The molecular weight excluding hydrogens is 348 g/mol. The van der Waals surface area contributed by atoms with Crippen molar-refractivity contribution in [2.24, 2.45) is 5.14 Å². The zero-order chi connectivity index (χ0) is 14.9. The van der Waals surface area contributed by atoms with Gasteiger partial charge in [0.15, 0.2) is 0 Å². The van der Waals surface area contributed by atoms with Crippen LogP contribution in [-0.4, -0.2) is 45.5 Å². The Balaban J connectivity index is 2.31. The van der Waals surface area contributed by atoms with Gasteiger partial charge in [0.05, 0.1) is 17.5 Å². The Kier molecular flexibility index (Phi) is 4.48. The number of carbonyl (C=O) groups excluding carboxylic acids is 1. The molecule has 0 radical (unpaired) electrons. The number of carbonyl (C=O) groups is 1. The first-order chi connectivity index (χ1) is 9.30. The summed E-state index contributed by atoms with van der Waals surface area (Å²) in [4.78, 5) is 13.8. The molecule has 1 fully saturated rings. The van der Waals surface area contributed by atoms with E-state index in [9.17, 15) is 13.2 Å². The summed E-state index contributed by atoms with van der Waals surface area (Å²) >= 11 is 3.11. The molecule has 0 spiro atoms. The highest BCUT2D eigenvalue weighted by molar-refractivity contribution is 9.10. The molecule has 6 nitrogen and oxygen atoms in total. The zero-order valence-electron chi connectivity index (χ0n) is 10.9. The first-order valence-corrected chi connectivity index (χ1v) is 8.32. The van der Waals surface area contributed by atoms with E-state index in [0.29, 0.717) is 17.7 Å². The molecule has 1 saturated heterocycles. The molecule has 1 amide bonds. The minimum atomic E-state index is -3.88. The summed E-state index contributed by atoms with van der Waals surface area (Å²) in [5, 5.41) is 5.12. The van der Waals surface area contributed by atoms with Gasteiger partial charge in [0.1, 0.15) is 0 Å². The molecule has 2 rings (SSSR count). The fourth-order valence-electron chi connectivity index (χ4n) is 2.05. The van der Waals surface area contributed by atoms with Crippen molar-refractivity contribution in [1.29, 1.82) is 0 Å². The summed E-state index contributed by atoms with van der Waals surface area (Å²) in [6.07, 6.45) is 0.779. The molecule has 20 heavy (non-hydrogen) atoms. The lowest BCUT2D eigenvalue weighted by atomic mass is 10.1. The van der Waals surface area contributed by atoms with Gasteiger partial charge in [0.2, 0.25) is 10.0 Å². The quantitative estimate of drug-likeness (QED) is 0.866. The highest BCUT2D eigenvalue weighted by Gasteiger charge is 2.26. The molecule has 8 heteroatoms.